The highest BCUT2D eigenvalue weighted by Crippen LogP contribution is 2.26. The molecule has 0 spiro atoms. The summed E-state index contributed by atoms with van der Waals surface area (Å²) in [5, 5.41) is 3.49. The normalized spacial score (nSPS) is 28.8. The maximum Gasteiger partial charge on any atom is 0.236 e. The number of carbonyl (C=O) groups is 1. The maximum absolute atomic E-state index is 12.1. The molecule has 0 saturated heterocycles. The Balaban J connectivity index is 1.71. The van der Waals surface area contributed by atoms with Gasteiger partial charge in [0.2, 0.25) is 5.91 Å². The Bertz CT molecular complexity index is 276. The number of likely N-dealkylation sites (N-methyl/N-ethyl adjacent to an activating group) is 1. The molecule has 18 heavy (non-hydrogen) atoms. The molecule has 2 saturated carbocycles. The van der Waals surface area contributed by atoms with Crippen LogP contribution in [0.3, 0.4) is 0 Å². The molecule has 0 aromatic rings. The molecule has 3 heteroatoms. The number of hydrogen-bond acceptors (Lipinski definition) is 2. The molecular formula is C15H28N2O. The fraction of sp³-hybridized carbons (Fsp3) is 0.933. The van der Waals surface area contributed by atoms with E-state index in [0.717, 1.165) is 12.5 Å². The van der Waals surface area contributed by atoms with Crippen LogP contribution in [0.25, 0.3) is 0 Å². The van der Waals surface area contributed by atoms with Crippen molar-refractivity contribution in [3.05, 3.63) is 0 Å². The molecule has 104 valence electrons. The van der Waals surface area contributed by atoms with Crippen molar-refractivity contribution in [1.29, 1.82) is 0 Å². The second-order valence-corrected chi connectivity index (χ2v) is 6.10. The summed E-state index contributed by atoms with van der Waals surface area (Å²) < 4.78 is 0. The minimum atomic E-state index is 0.303. The van der Waals surface area contributed by atoms with Crippen LogP contribution >= 0.6 is 0 Å². The van der Waals surface area contributed by atoms with Gasteiger partial charge in [-0.1, -0.05) is 19.8 Å². The molecule has 0 aromatic carbocycles. The van der Waals surface area contributed by atoms with E-state index in [1.54, 1.807) is 0 Å². The molecule has 1 N–H and O–H groups in total. The average molecular weight is 252 g/mol. The molecule has 2 aliphatic rings. The van der Waals surface area contributed by atoms with Crippen LogP contribution in [0.15, 0.2) is 0 Å². The standard InChI is InChI=1S/C15H28N2O/c1-3-17(14-9-10-14)15(18)11-16-13-6-4-5-12(2)7-8-13/h12-14,16H,3-11H2,1-2H3. The molecule has 0 aliphatic heterocycles. The lowest BCUT2D eigenvalue weighted by atomic mass is 10.0. The second-order valence-electron chi connectivity index (χ2n) is 6.10. The van der Waals surface area contributed by atoms with E-state index in [0.29, 0.717) is 24.5 Å². The van der Waals surface area contributed by atoms with Crippen molar-refractivity contribution in [1.82, 2.24) is 10.2 Å². The van der Waals surface area contributed by atoms with Crippen LogP contribution in [0.2, 0.25) is 0 Å². The zero-order valence-electron chi connectivity index (χ0n) is 12.0. The minimum Gasteiger partial charge on any atom is -0.339 e. The highest BCUT2D eigenvalue weighted by atomic mass is 16.2. The van der Waals surface area contributed by atoms with Crippen molar-refractivity contribution in [3.8, 4) is 0 Å². The first kappa shape index (κ1) is 13.9. The van der Waals surface area contributed by atoms with Crippen molar-refractivity contribution >= 4 is 5.91 Å². The number of carbonyl (C=O) groups excluding carboxylic acids is 1. The summed E-state index contributed by atoms with van der Waals surface area (Å²) in [7, 11) is 0. The van der Waals surface area contributed by atoms with Gasteiger partial charge in [0, 0.05) is 18.6 Å². The molecule has 3 nitrogen and oxygen atoms in total. The zero-order chi connectivity index (χ0) is 13.0. The molecule has 2 rings (SSSR count). The van der Waals surface area contributed by atoms with Crippen molar-refractivity contribution in [2.45, 2.75) is 70.9 Å². The smallest absolute Gasteiger partial charge is 0.236 e. The fourth-order valence-corrected chi connectivity index (χ4v) is 3.05. The van der Waals surface area contributed by atoms with Gasteiger partial charge in [0.15, 0.2) is 0 Å². The minimum absolute atomic E-state index is 0.303. The zero-order valence-corrected chi connectivity index (χ0v) is 12.0. The molecule has 0 radical (unpaired) electrons. The first-order valence-corrected chi connectivity index (χ1v) is 7.73. The van der Waals surface area contributed by atoms with E-state index in [1.807, 2.05) is 4.90 Å². The van der Waals surface area contributed by atoms with Gasteiger partial charge < -0.3 is 10.2 Å². The molecular weight excluding hydrogens is 224 g/mol. The number of nitrogens with one attached hydrogen (secondary N) is 1. The Kier molecular flexibility index (Phi) is 5.04. The van der Waals surface area contributed by atoms with E-state index < -0.39 is 0 Å². The van der Waals surface area contributed by atoms with E-state index in [1.165, 1.54) is 44.9 Å². The van der Waals surface area contributed by atoms with Gasteiger partial charge in [-0.2, -0.15) is 0 Å². The number of rotatable bonds is 5. The number of hydrogen-bond donors (Lipinski definition) is 1. The average Bonchev–Trinajstić information content (AvgIpc) is 3.17. The van der Waals surface area contributed by atoms with Crippen molar-refractivity contribution in [2.75, 3.05) is 13.1 Å². The van der Waals surface area contributed by atoms with E-state index in [-0.39, 0.29) is 0 Å². The van der Waals surface area contributed by atoms with Crippen LogP contribution in [-0.4, -0.2) is 36.0 Å². The third-order valence-corrected chi connectivity index (χ3v) is 4.45. The predicted molar refractivity (Wildman–Crippen MR) is 74.4 cm³/mol. The van der Waals surface area contributed by atoms with Crippen LogP contribution in [0.1, 0.15) is 58.8 Å². The van der Waals surface area contributed by atoms with E-state index in [9.17, 15) is 4.79 Å². The Labute approximate surface area is 111 Å². The first-order chi connectivity index (χ1) is 8.70. The van der Waals surface area contributed by atoms with Crippen molar-refractivity contribution in [3.63, 3.8) is 0 Å². The molecule has 2 aliphatic carbocycles. The Hall–Kier alpha value is -0.570. The van der Waals surface area contributed by atoms with Gasteiger partial charge >= 0.3 is 0 Å². The Morgan fingerprint density at radius 3 is 2.61 bits per heavy atom. The van der Waals surface area contributed by atoms with Crippen LogP contribution in [0.4, 0.5) is 0 Å². The molecule has 0 heterocycles. The largest absolute Gasteiger partial charge is 0.339 e. The van der Waals surface area contributed by atoms with Crippen LogP contribution in [-0.2, 0) is 4.79 Å². The first-order valence-electron chi connectivity index (χ1n) is 7.73. The number of amides is 1. The summed E-state index contributed by atoms with van der Waals surface area (Å²) in [6.45, 7) is 5.85. The highest BCUT2D eigenvalue weighted by molar-refractivity contribution is 5.78. The van der Waals surface area contributed by atoms with Crippen LogP contribution < -0.4 is 5.32 Å². The predicted octanol–water partition coefficient (Wildman–Crippen LogP) is 2.56. The van der Waals surface area contributed by atoms with Crippen molar-refractivity contribution < 1.29 is 4.79 Å². The molecule has 1 amide bonds. The molecule has 2 atom stereocenters. The second kappa shape index (κ2) is 6.55. The fourth-order valence-electron chi connectivity index (χ4n) is 3.05. The highest BCUT2D eigenvalue weighted by Gasteiger charge is 2.31. The lowest BCUT2D eigenvalue weighted by molar-refractivity contribution is -0.130. The summed E-state index contributed by atoms with van der Waals surface area (Å²) in [5.74, 6) is 1.17. The summed E-state index contributed by atoms with van der Waals surface area (Å²) >= 11 is 0. The summed E-state index contributed by atoms with van der Waals surface area (Å²) in [4.78, 5) is 14.2. The molecule has 2 fully saturated rings. The number of nitrogens with zero attached hydrogens (tertiary/aromatic N) is 1. The third-order valence-electron chi connectivity index (χ3n) is 4.45. The van der Waals surface area contributed by atoms with E-state index >= 15 is 0 Å². The molecule has 2 unspecified atom stereocenters. The van der Waals surface area contributed by atoms with Crippen molar-refractivity contribution in [2.24, 2.45) is 5.92 Å². The van der Waals surface area contributed by atoms with Gasteiger partial charge in [-0.25, -0.2) is 0 Å². The van der Waals surface area contributed by atoms with Gasteiger partial charge in [-0.05, 0) is 44.9 Å². The van der Waals surface area contributed by atoms with Crippen LogP contribution in [0.5, 0.6) is 0 Å². The van der Waals surface area contributed by atoms with Gasteiger partial charge in [-0.3, -0.25) is 4.79 Å². The lowest BCUT2D eigenvalue weighted by Crippen LogP contribution is -2.42. The quantitative estimate of drug-likeness (QED) is 0.763. The monoisotopic (exact) mass is 252 g/mol. The SMILES string of the molecule is CCN(C(=O)CNC1CCCC(C)CC1)C1CC1. The van der Waals surface area contributed by atoms with Gasteiger partial charge in [0.1, 0.15) is 0 Å². The third kappa shape index (κ3) is 3.98. The van der Waals surface area contributed by atoms with Gasteiger partial charge in [0.25, 0.3) is 0 Å². The summed E-state index contributed by atoms with van der Waals surface area (Å²) in [5.41, 5.74) is 0. The Morgan fingerprint density at radius 2 is 1.94 bits per heavy atom. The summed E-state index contributed by atoms with van der Waals surface area (Å²) in [6.07, 6.45) is 8.88. The molecule has 0 aromatic heterocycles. The van der Waals surface area contributed by atoms with E-state index in [4.69, 9.17) is 0 Å². The van der Waals surface area contributed by atoms with E-state index in [2.05, 4.69) is 19.2 Å². The van der Waals surface area contributed by atoms with Gasteiger partial charge in [-0.15, -0.1) is 0 Å². The Morgan fingerprint density at radius 1 is 1.17 bits per heavy atom. The summed E-state index contributed by atoms with van der Waals surface area (Å²) in [6, 6.07) is 1.12. The topological polar surface area (TPSA) is 32.3 Å². The van der Waals surface area contributed by atoms with Crippen LogP contribution in [0, 0.1) is 5.92 Å². The lowest BCUT2D eigenvalue weighted by Gasteiger charge is -2.23. The molecule has 0 bridgehead atoms. The maximum atomic E-state index is 12.1. The van der Waals surface area contributed by atoms with Gasteiger partial charge in [0.05, 0.1) is 6.54 Å².